The maximum absolute atomic E-state index is 13.0. The first kappa shape index (κ1) is 15.4. The average molecular weight is 311 g/mol. The molecule has 0 fully saturated rings. The summed E-state index contributed by atoms with van der Waals surface area (Å²) in [5.41, 5.74) is -1.02. The number of benzene rings is 1. The average Bonchev–Trinajstić information content (AvgIpc) is 2.11. The lowest BCUT2D eigenvalue weighted by atomic mass is 10.2. The first-order chi connectivity index (χ1) is 8.50. The summed E-state index contributed by atoms with van der Waals surface area (Å²) < 4.78 is 59.5. The monoisotopic (exact) mass is 311 g/mol. The number of sulfonamides is 1. The van der Waals surface area contributed by atoms with Crippen LogP contribution in [-0.4, -0.2) is 39.3 Å². The van der Waals surface area contributed by atoms with Crippen molar-refractivity contribution in [2.45, 2.75) is 0 Å². The minimum Gasteiger partial charge on any atom is -0.478 e. The van der Waals surface area contributed by atoms with E-state index < -0.39 is 48.0 Å². The number of sulfone groups is 1. The molecule has 0 bridgehead atoms. The lowest BCUT2D eigenvalue weighted by Gasteiger charge is -2.09. The van der Waals surface area contributed by atoms with Crippen molar-refractivity contribution >= 4 is 31.5 Å². The van der Waals surface area contributed by atoms with Crippen molar-refractivity contribution in [2.75, 3.05) is 16.1 Å². The Balaban J connectivity index is 3.19. The van der Waals surface area contributed by atoms with Crippen molar-refractivity contribution in [2.24, 2.45) is 0 Å². The summed E-state index contributed by atoms with van der Waals surface area (Å²) in [7, 11) is -8.17. The second-order valence-electron chi connectivity index (χ2n) is 3.76. The first-order valence-electron chi connectivity index (χ1n) is 4.71. The van der Waals surface area contributed by atoms with E-state index >= 15 is 0 Å². The third-order valence-corrected chi connectivity index (χ3v) is 5.33. The molecule has 1 aromatic carbocycles. The number of nitrogens with one attached hydrogen (secondary N) is 1. The summed E-state index contributed by atoms with van der Waals surface area (Å²) in [5, 5.41) is 7.58. The topological polar surface area (TPSA) is 118 Å². The minimum absolute atomic E-state index is 0.488. The number of carbonyl (C=O) groups is 1. The molecule has 0 unspecified atom stereocenters. The molecule has 7 nitrogen and oxygen atoms in total. The first-order valence-corrected chi connectivity index (χ1v) is 8.42. The maximum Gasteiger partial charge on any atom is 0.337 e. The number of carboxylic acid groups (broad SMARTS) is 1. The Labute approximate surface area is 109 Å². The molecule has 19 heavy (non-hydrogen) atoms. The fourth-order valence-electron chi connectivity index (χ4n) is 1.27. The Morgan fingerprint density at radius 2 is 1.89 bits per heavy atom. The lowest BCUT2D eigenvalue weighted by Crippen LogP contribution is -2.23. The van der Waals surface area contributed by atoms with Gasteiger partial charge in [0.2, 0.25) is 10.0 Å². The van der Waals surface area contributed by atoms with Crippen LogP contribution in [0.3, 0.4) is 0 Å². The molecule has 2 N–H and O–H groups in total. The van der Waals surface area contributed by atoms with Gasteiger partial charge in [-0.25, -0.2) is 26.0 Å². The van der Waals surface area contributed by atoms with E-state index in [4.69, 9.17) is 5.11 Å². The molecule has 10 heteroatoms. The van der Waals surface area contributed by atoms with E-state index in [1.165, 1.54) is 0 Å². The minimum atomic E-state index is -4.33. The predicted octanol–water partition coefficient (Wildman–Crippen LogP) is 0.268. The molecule has 0 spiro atoms. The van der Waals surface area contributed by atoms with Crippen molar-refractivity contribution in [3.63, 3.8) is 0 Å². The largest absolute Gasteiger partial charge is 0.478 e. The molecular weight excluding hydrogens is 301 g/mol. The van der Waals surface area contributed by atoms with Crippen LogP contribution >= 0.6 is 0 Å². The summed E-state index contributed by atoms with van der Waals surface area (Å²) in [6.45, 7) is 0. The molecule has 0 radical (unpaired) electrons. The summed E-state index contributed by atoms with van der Waals surface area (Å²) in [5.74, 6) is -2.33. The number of halogens is 1. The summed E-state index contributed by atoms with van der Waals surface area (Å²) in [6, 6.07) is 2.37. The third kappa shape index (κ3) is 4.83. The number of carboxylic acids is 1. The van der Waals surface area contributed by atoms with Gasteiger partial charge < -0.3 is 5.11 Å². The van der Waals surface area contributed by atoms with E-state index in [-0.39, 0.29) is 0 Å². The second kappa shape index (κ2) is 5.13. The fraction of sp³-hybridized carbons (Fsp3) is 0.222. The summed E-state index contributed by atoms with van der Waals surface area (Å²) in [4.78, 5) is 10.8. The predicted molar refractivity (Wildman–Crippen MR) is 65.6 cm³/mol. The van der Waals surface area contributed by atoms with Crippen LogP contribution in [0.1, 0.15) is 10.4 Å². The molecular formula is C9H10FNO6S2. The van der Waals surface area contributed by atoms with Crippen molar-refractivity contribution in [3.05, 3.63) is 29.6 Å². The number of rotatable bonds is 5. The quantitative estimate of drug-likeness (QED) is 0.806. The van der Waals surface area contributed by atoms with Crippen LogP contribution in [0.4, 0.5) is 10.1 Å². The van der Waals surface area contributed by atoms with Gasteiger partial charge in [-0.3, -0.25) is 4.72 Å². The highest BCUT2D eigenvalue weighted by Gasteiger charge is 2.21. The number of hydrogen-bond donors (Lipinski definition) is 2. The van der Waals surface area contributed by atoms with Gasteiger partial charge in [-0.1, -0.05) is 0 Å². The van der Waals surface area contributed by atoms with Crippen molar-refractivity contribution in [1.82, 2.24) is 0 Å². The molecule has 0 aliphatic rings. The second-order valence-corrected chi connectivity index (χ2v) is 7.98. The van der Waals surface area contributed by atoms with Gasteiger partial charge in [0.05, 0.1) is 11.3 Å². The van der Waals surface area contributed by atoms with Crippen LogP contribution in [0.5, 0.6) is 0 Å². The zero-order valence-corrected chi connectivity index (χ0v) is 11.3. The molecule has 0 atom stereocenters. The molecule has 1 aromatic rings. The van der Waals surface area contributed by atoms with Crippen LogP contribution in [0, 0.1) is 5.82 Å². The fourth-order valence-corrected chi connectivity index (χ4v) is 4.26. The zero-order valence-electron chi connectivity index (χ0n) is 9.62. The van der Waals surface area contributed by atoms with Gasteiger partial charge >= 0.3 is 5.97 Å². The van der Waals surface area contributed by atoms with Gasteiger partial charge in [0.1, 0.15) is 5.82 Å². The van der Waals surface area contributed by atoms with Crippen molar-refractivity contribution in [1.29, 1.82) is 0 Å². The van der Waals surface area contributed by atoms with Crippen LogP contribution in [0.25, 0.3) is 0 Å². The zero-order chi connectivity index (χ0) is 14.8. The van der Waals surface area contributed by atoms with Crippen molar-refractivity contribution in [3.8, 4) is 0 Å². The molecule has 1 rings (SSSR count). The Bertz CT molecular complexity index is 710. The number of aromatic carboxylic acids is 1. The van der Waals surface area contributed by atoms with Crippen LogP contribution in [0.2, 0.25) is 0 Å². The highest BCUT2D eigenvalue weighted by Crippen LogP contribution is 2.19. The lowest BCUT2D eigenvalue weighted by molar-refractivity contribution is 0.0698. The van der Waals surface area contributed by atoms with Crippen LogP contribution in [-0.2, 0) is 19.9 Å². The van der Waals surface area contributed by atoms with Gasteiger partial charge in [0.15, 0.2) is 14.9 Å². The normalized spacial score (nSPS) is 12.1. The van der Waals surface area contributed by atoms with Crippen LogP contribution in [0.15, 0.2) is 18.2 Å². The Morgan fingerprint density at radius 1 is 1.32 bits per heavy atom. The smallest absolute Gasteiger partial charge is 0.337 e. The van der Waals surface area contributed by atoms with Gasteiger partial charge in [0, 0.05) is 6.26 Å². The molecule has 106 valence electrons. The van der Waals surface area contributed by atoms with E-state index in [9.17, 15) is 26.0 Å². The summed E-state index contributed by atoms with van der Waals surface area (Å²) in [6.07, 6.45) is 0.704. The third-order valence-electron chi connectivity index (χ3n) is 1.85. The highest BCUT2D eigenvalue weighted by atomic mass is 32.3. The number of hydrogen-bond acceptors (Lipinski definition) is 5. The van der Waals surface area contributed by atoms with Gasteiger partial charge in [0.25, 0.3) is 0 Å². The van der Waals surface area contributed by atoms with E-state index in [0.29, 0.717) is 12.3 Å². The molecule has 0 heterocycles. The molecule has 0 amide bonds. The molecule has 0 aromatic heterocycles. The molecule has 0 aliphatic heterocycles. The Morgan fingerprint density at radius 3 is 2.37 bits per heavy atom. The van der Waals surface area contributed by atoms with E-state index in [2.05, 4.69) is 0 Å². The SMILES string of the molecule is CS(=O)(=O)CS(=O)(=O)Nc1cc(F)ccc1C(=O)O. The molecule has 0 saturated heterocycles. The Hall–Kier alpha value is -1.68. The summed E-state index contributed by atoms with van der Waals surface area (Å²) >= 11 is 0. The molecule has 0 saturated carbocycles. The maximum atomic E-state index is 13.0. The van der Waals surface area contributed by atoms with Crippen LogP contribution < -0.4 is 4.72 Å². The van der Waals surface area contributed by atoms with Gasteiger partial charge in [-0.05, 0) is 18.2 Å². The highest BCUT2D eigenvalue weighted by molar-refractivity contribution is 8.08. The van der Waals surface area contributed by atoms with E-state index in [1.807, 2.05) is 0 Å². The molecule has 0 aliphatic carbocycles. The van der Waals surface area contributed by atoms with Gasteiger partial charge in [-0.2, -0.15) is 0 Å². The Kier molecular flexibility index (Phi) is 4.15. The standard InChI is InChI=1S/C9H10FNO6S2/c1-18(14,15)5-19(16,17)11-8-4-6(10)2-3-7(8)9(12)13/h2-4,11H,5H2,1H3,(H,12,13). The van der Waals surface area contributed by atoms with Gasteiger partial charge in [-0.15, -0.1) is 0 Å². The van der Waals surface area contributed by atoms with E-state index in [1.54, 1.807) is 4.72 Å². The number of anilines is 1. The van der Waals surface area contributed by atoms with E-state index in [0.717, 1.165) is 12.1 Å². The van der Waals surface area contributed by atoms with Crippen molar-refractivity contribution < 1.29 is 31.1 Å².